The predicted octanol–water partition coefficient (Wildman–Crippen LogP) is 1.38. The maximum atomic E-state index is 5.74. The zero-order chi connectivity index (χ0) is 10.1. The van der Waals surface area contributed by atoms with Gasteiger partial charge < -0.3 is 14.4 Å². The van der Waals surface area contributed by atoms with Gasteiger partial charge in [-0.2, -0.15) is 0 Å². The van der Waals surface area contributed by atoms with Crippen molar-refractivity contribution in [3.05, 3.63) is 24.5 Å². The van der Waals surface area contributed by atoms with Crippen molar-refractivity contribution in [1.29, 1.82) is 0 Å². The summed E-state index contributed by atoms with van der Waals surface area (Å²) in [6, 6.07) is 3.99. The van der Waals surface area contributed by atoms with Gasteiger partial charge in [-0.25, -0.2) is 0 Å². The fraction of sp³-hybridized carbons (Fsp3) is 0.545. The van der Waals surface area contributed by atoms with E-state index in [4.69, 9.17) is 9.47 Å². The maximum absolute atomic E-state index is 5.74. The third-order valence-electron chi connectivity index (χ3n) is 2.98. The van der Waals surface area contributed by atoms with Gasteiger partial charge in [0.1, 0.15) is 0 Å². The molecular formula is C11H14N2O2. The highest BCUT2D eigenvalue weighted by molar-refractivity contribution is 5.46. The third kappa shape index (κ3) is 1.41. The van der Waals surface area contributed by atoms with Gasteiger partial charge in [-0.05, 0) is 18.6 Å². The van der Waals surface area contributed by atoms with Crippen LogP contribution in [-0.2, 0) is 9.47 Å². The number of nitrogens with zero attached hydrogens (tertiary/aromatic N) is 2. The Kier molecular flexibility index (Phi) is 2.11. The van der Waals surface area contributed by atoms with Crippen LogP contribution in [0.1, 0.15) is 12.8 Å². The molecule has 1 aromatic rings. The van der Waals surface area contributed by atoms with Crippen molar-refractivity contribution in [3.8, 4) is 0 Å². The molecule has 0 bridgehead atoms. The molecule has 80 valence electrons. The Morgan fingerprint density at radius 1 is 1.33 bits per heavy atom. The van der Waals surface area contributed by atoms with E-state index < -0.39 is 5.91 Å². The van der Waals surface area contributed by atoms with Crippen LogP contribution >= 0.6 is 0 Å². The molecule has 0 amide bonds. The Hall–Kier alpha value is -1.13. The normalized spacial score (nSPS) is 23.9. The van der Waals surface area contributed by atoms with Crippen molar-refractivity contribution in [2.24, 2.45) is 0 Å². The lowest BCUT2D eigenvalue weighted by molar-refractivity contribution is -0.146. The highest BCUT2D eigenvalue weighted by Gasteiger charge is 2.46. The van der Waals surface area contributed by atoms with E-state index >= 15 is 0 Å². The van der Waals surface area contributed by atoms with Crippen LogP contribution in [0.25, 0.3) is 0 Å². The Bertz CT molecular complexity index is 330. The average Bonchev–Trinajstić information content (AvgIpc) is 2.91. The maximum Gasteiger partial charge on any atom is 0.252 e. The first kappa shape index (κ1) is 9.12. The van der Waals surface area contributed by atoms with E-state index in [2.05, 4.69) is 9.88 Å². The molecule has 0 aromatic carbocycles. The van der Waals surface area contributed by atoms with Gasteiger partial charge >= 0.3 is 0 Å². The van der Waals surface area contributed by atoms with Crippen molar-refractivity contribution in [2.75, 3.05) is 24.7 Å². The van der Waals surface area contributed by atoms with E-state index in [0.717, 1.165) is 25.1 Å². The molecule has 0 N–H and O–H groups in total. The summed E-state index contributed by atoms with van der Waals surface area (Å²) in [5.74, 6) is -0.497. The molecule has 2 saturated heterocycles. The molecule has 0 unspecified atom stereocenters. The molecule has 4 nitrogen and oxygen atoms in total. The molecule has 0 atom stereocenters. The summed E-state index contributed by atoms with van der Waals surface area (Å²) >= 11 is 0. The van der Waals surface area contributed by atoms with Crippen molar-refractivity contribution in [1.82, 2.24) is 4.98 Å². The molecule has 4 heteroatoms. The van der Waals surface area contributed by atoms with E-state index in [-0.39, 0.29) is 0 Å². The van der Waals surface area contributed by atoms with Gasteiger partial charge in [-0.3, -0.25) is 4.98 Å². The van der Waals surface area contributed by atoms with Gasteiger partial charge in [0.15, 0.2) is 0 Å². The minimum Gasteiger partial charge on any atom is -0.330 e. The number of ether oxygens (including phenoxy) is 2. The summed E-state index contributed by atoms with van der Waals surface area (Å²) in [4.78, 5) is 6.30. The van der Waals surface area contributed by atoms with E-state index in [0.29, 0.717) is 13.2 Å². The Labute approximate surface area is 88.8 Å². The lowest BCUT2D eigenvalue weighted by atomic mass is 10.3. The standard InChI is InChI=1S/C11H14N2O2/c1-3-10(9-12-5-1)13-6-2-4-11(13)14-7-8-15-11/h1,3,5,9H,2,4,6-8H2. The Morgan fingerprint density at radius 3 is 2.93 bits per heavy atom. The quantitative estimate of drug-likeness (QED) is 0.695. The van der Waals surface area contributed by atoms with Gasteiger partial charge in [0, 0.05) is 19.2 Å². The Morgan fingerprint density at radius 2 is 2.20 bits per heavy atom. The highest BCUT2D eigenvalue weighted by Crippen LogP contribution is 2.38. The molecule has 0 saturated carbocycles. The number of hydrogen-bond donors (Lipinski definition) is 0. The molecule has 2 aliphatic rings. The van der Waals surface area contributed by atoms with E-state index in [1.54, 1.807) is 6.20 Å². The molecule has 1 aromatic heterocycles. The number of pyridine rings is 1. The Balaban J connectivity index is 1.92. The van der Waals surface area contributed by atoms with Gasteiger partial charge in [-0.15, -0.1) is 0 Å². The van der Waals surface area contributed by atoms with Crippen LogP contribution in [0.15, 0.2) is 24.5 Å². The van der Waals surface area contributed by atoms with Crippen molar-refractivity contribution >= 4 is 5.69 Å². The smallest absolute Gasteiger partial charge is 0.252 e. The topological polar surface area (TPSA) is 34.6 Å². The van der Waals surface area contributed by atoms with Crippen LogP contribution in [0.4, 0.5) is 5.69 Å². The van der Waals surface area contributed by atoms with Crippen LogP contribution in [-0.4, -0.2) is 30.7 Å². The van der Waals surface area contributed by atoms with Crippen LogP contribution in [0.5, 0.6) is 0 Å². The second kappa shape index (κ2) is 3.47. The molecule has 1 spiro atoms. The number of rotatable bonds is 1. The van der Waals surface area contributed by atoms with E-state index in [9.17, 15) is 0 Å². The zero-order valence-corrected chi connectivity index (χ0v) is 8.56. The first-order valence-electron chi connectivity index (χ1n) is 5.36. The van der Waals surface area contributed by atoms with Crippen molar-refractivity contribution < 1.29 is 9.47 Å². The molecule has 2 fully saturated rings. The monoisotopic (exact) mass is 206 g/mol. The number of aromatic nitrogens is 1. The molecule has 3 rings (SSSR count). The summed E-state index contributed by atoms with van der Waals surface area (Å²) in [6.07, 6.45) is 5.69. The molecule has 0 aliphatic carbocycles. The predicted molar refractivity (Wildman–Crippen MR) is 55.5 cm³/mol. The summed E-state index contributed by atoms with van der Waals surface area (Å²) in [7, 11) is 0. The SMILES string of the molecule is c1cncc(N2CCCC23OCCO3)c1. The first-order valence-corrected chi connectivity index (χ1v) is 5.36. The lowest BCUT2D eigenvalue weighted by Gasteiger charge is -2.33. The van der Waals surface area contributed by atoms with Crippen molar-refractivity contribution in [2.45, 2.75) is 18.8 Å². The second-order valence-corrected chi connectivity index (χ2v) is 3.88. The fourth-order valence-electron chi connectivity index (χ4n) is 2.35. The van der Waals surface area contributed by atoms with Gasteiger partial charge in [-0.1, -0.05) is 0 Å². The summed E-state index contributed by atoms with van der Waals surface area (Å²) in [5, 5.41) is 0. The van der Waals surface area contributed by atoms with Crippen LogP contribution in [0, 0.1) is 0 Å². The highest BCUT2D eigenvalue weighted by atomic mass is 16.8. The first-order chi connectivity index (χ1) is 7.41. The third-order valence-corrected chi connectivity index (χ3v) is 2.98. The van der Waals surface area contributed by atoms with E-state index in [1.165, 1.54) is 0 Å². The summed E-state index contributed by atoms with van der Waals surface area (Å²) in [5.41, 5.74) is 1.08. The minimum atomic E-state index is -0.497. The summed E-state index contributed by atoms with van der Waals surface area (Å²) in [6.45, 7) is 2.36. The molecule has 2 aliphatic heterocycles. The average molecular weight is 206 g/mol. The van der Waals surface area contributed by atoms with Gasteiger partial charge in [0.2, 0.25) is 0 Å². The van der Waals surface area contributed by atoms with Gasteiger partial charge in [0.25, 0.3) is 5.91 Å². The molecular weight excluding hydrogens is 192 g/mol. The fourth-order valence-corrected chi connectivity index (χ4v) is 2.35. The molecule has 3 heterocycles. The second-order valence-electron chi connectivity index (χ2n) is 3.88. The summed E-state index contributed by atoms with van der Waals surface area (Å²) < 4.78 is 11.5. The minimum absolute atomic E-state index is 0.497. The van der Waals surface area contributed by atoms with Crippen molar-refractivity contribution in [3.63, 3.8) is 0 Å². The largest absolute Gasteiger partial charge is 0.330 e. The number of hydrogen-bond acceptors (Lipinski definition) is 4. The lowest BCUT2D eigenvalue weighted by Crippen LogP contribution is -2.45. The van der Waals surface area contributed by atoms with Crippen LogP contribution in [0.2, 0.25) is 0 Å². The van der Waals surface area contributed by atoms with E-state index in [1.807, 2.05) is 18.3 Å². The number of anilines is 1. The van der Waals surface area contributed by atoms with Gasteiger partial charge in [0.05, 0.1) is 25.1 Å². The zero-order valence-electron chi connectivity index (χ0n) is 8.56. The molecule has 0 radical (unpaired) electrons. The van der Waals surface area contributed by atoms with Crippen LogP contribution < -0.4 is 4.90 Å². The molecule has 15 heavy (non-hydrogen) atoms. The van der Waals surface area contributed by atoms with Crippen LogP contribution in [0.3, 0.4) is 0 Å².